The molecule has 0 radical (unpaired) electrons. The van der Waals surface area contributed by atoms with Gasteiger partial charge in [-0.3, -0.25) is 4.79 Å². The molecule has 2 aromatic heterocycles. The van der Waals surface area contributed by atoms with Crippen molar-refractivity contribution in [3.63, 3.8) is 0 Å². The molecule has 0 unspecified atom stereocenters. The van der Waals surface area contributed by atoms with E-state index in [2.05, 4.69) is 41.2 Å². The molecular formula is C27H29N5O2. The summed E-state index contributed by atoms with van der Waals surface area (Å²) in [4.78, 5) is 21.1. The zero-order valence-electron chi connectivity index (χ0n) is 20.4. The number of nitrogens with zero attached hydrogens (tertiary/aromatic N) is 4. The third kappa shape index (κ3) is 4.98. The van der Waals surface area contributed by atoms with E-state index < -0.39 is 0 Å². The predicted octanol–water partition coefficient (Wildman–Crippen LogP) is 5.93. The van der Waals surface area contributed by atoms with Crippen molar-refractivity contribution in [3.8, 4) is 17.4 Å². The first-order valence-electron chi connectivity index (χ1n) is 11.2. The fourth-order valence-corrected chi connectivity index (χ4v) is 3.50. The van der Waals surface area contributed by atoms with Gasteiger partial charge in [0.15, 0.2) is 5.82 Å². The molecule has 2 heterocycles. The zero-order valence-corrected chi connectivity index (χ0v) is 20.4. The minimum Gasteiger partial charge on any atom is -0.439 e. The standard InChI is InChI=1S/C27H29N5O2/c1-17-18(2)31-32(19(17)3)24-15-25(29-16-28-24)34-23-13-11-22(12-14-23)30-26(33)20-7-9-21(10-8-20)27(4,5)6/h7-16H,1-6H3,(H,30,33). The van der Waals surface area contributed by atoms with Crippen molar-refractivity contribution >= 4 is 11.6 Å². The topological polar surface area (TPSA) is 81.9 Å². The van der Waals surface area contributed by atoms with Gasteiger partial charge in [0.2, 0.25) is 5.88 Å². The summed E-state index contributed by atoms with van der Waals surface area (Å²) in [6, 6.07) is 16.6. The van der Waals surface area contributed by atoms with Gasteiger partial charge in [0.05, 0.1) is 5.69 Å². The molecule has 0 aliphatic carbocycles. The van der Waals surface area contributed by atoms with Gasteiger partial charge in [0, 0.05) is 23.0 Å². The molecule has 0 saturated carbocycles. The Kier molecular flexibility index (Phi) is 6.20. The van der Waals surface area contributed by atoms with E-state index in [0.717, 1.165) is 17.0 Å². The number of hydrogen-bond acceptors (Lipinski definition) is 5. The van der Waals surface area contributed by atoms with E-state index in [4.69, 9.17) is 4.74 Å². The highest BCUT2D eigenvalue weighted by molar-refractivity contribution is 6.04. The lowest BCUT2D eigenvalue weighted by atomic mass is 9.87. The van der Waals surface area contributed by atoms with Crippen LogP contribution in [0, 0.1) is 20.8 Å². The molecule has 2 aromatic carbocycles. The lowest BCUT2D eigenvalue weighted by molar-refractivity contribution is 0.102. The van der Waals surface area contributed by atoms with Gasteiger partial charge >= 0.3 is 0 Å². The molecule has 7 heteroatoms. The molecule has 1 amide bonds. The maximum atomic E-state index is 12.6. The van der Waals surface area contributed by atoms with Crippen LogP contribution in [0.2, 0.25) is 0 Å². The Balaban J connectivity index is 1.43. The summed E-state index contributed by atoms with van der Waals surface area (Å²) in [6.07, 6.45) is 1.45. The number of nitrogens with one attached hydrogen (secondary N) is 1. The Morgan fingerprint density at radius 2 is 1.62 bits per heavy atom. The molecule has 0 aliphatic rings. The van der Waals surface area contributed by atoms with Crippen molar-refractivity contribution in [1.82, 2.24) is 19.7 Å². The van der Waals surface area contributed by atoms with Crippen molar-refractivity contribution in [2.45, 2.75) is 47.0 Å². The van der Waals surface area contributed by atoms with Gasteiger partial charge in [-0.1, -0.05) is 32.9 Å². The average Bonchev–Trinajstić information content (AvgIpc) is 3.07. The van der Waals surface area contributed by atoms with Gasteiger partial charge in [0.25, 0.3) is 5.91 Å². The van der Waals surface area contributed by atoms with Gasteiger partial charge < -0.3 is 10.1 Å². The van der Waals surface area contributed by atoms with Crippen LogP contribution in [-0.2, 0) is 5.41 Å². The fourth-order valence-electron chi connectivity index (χ4n) is 3.50. The van der Waals surface area contributed by atoms with E-state index in [9.17, 15) is 4.79 Å². The number of amides is 1. The normalized spacial score (nSPS) is 11.4. The molecular weight excluding hydrogens is 426 g/mol. The molecule has 0 saturated heterocycles. The first-order chi connectivity index (χ1) is 16.1. The van der Waals surface area contributed by atoms with Crippen molar-refractivity contribution in [3.05, 3.63) is 89.0 Å². The number of hydrogen-bond donors (Lipinski definition) is 1. The van der Waals surface area contributed by atoms with Crippen molar-refractivity contribution in [1.29, 1.82) is 0 Å². The van der Waals surface area contributed by atoms with Gasteiger partial charge in [-0.05, 0) is 73.7 Å². The fraction of sp³-hybridized carbons (Fsp3) is 0.259. The number of ether oxygens (including phenoxy) is 1. The Labute approximate surface area is 199 Å². The molecule has 34 heavy (non-hydrogen) atoms. The number of aromatic nitrogens is 4. The smallest absolute Gasteiger partial charge is 0.255 e. The second-order valence-corrected chi connectivity index (χ2v) is 9.33. The maximum Gasteiger partial charge on any atom is 0.255 e. The number of rotatable bonds is 5. The molecule has 0 fully saturated rings. The van der Waals surface area contributed by atoms with Crippen LogP contribution in [0.15, 0.2) is 60.9 Å². The molecule has 174 valence electrons. The summed E-state index contributed by atoms with van der Waals surface area (Å²) in [5.74, 6) is 1.49. The monoisotopic (exact) mass is 455 g/mol. The highest BCUT2D eigenvalue weighted by Gasteiger charge is 2.15. The van der Waals surface area contributed by atoms with Gasteiger partial charge in [0.1, 0.15) is 12.1 Å². The lowest BCUT2D eigenvalue weighted by Crippen LogP contribution is -2.14. The van der Waals surface area contributed by atoms with E-state index in [1.165, 1.54) is 11.9 Å². The second-order valence-electron chi connectivity index (χ2n) is 9.33. The van der Waals surface area contributed by atoms with Crippen molar-refractivity contribution < 1.29 is 9.53 Å². The quantitative estimate of drug-likeness (QED) is 0.403. The predicted molar refractivity (Wildman–Crippen MR) is 133 cm³/mol. The summed E-state index contributed by atoms with van der Waals surface area (Å²) in [6.45, 7) is 12.5. The summed E-state index contributed by atoms with van der Waals surface area (Å²) >= 11 is 0. The van der Waals surface area contributed by atoms with Crippen LogP contribution in [0.4, 0.5) is 5.69 Å². The largest absolute Gasteiger partial charge is 0.439 e. The Morgan fingerprint density at radius 1 is 0.941 bits per heavy atom. The number of anilines is 1. The van der Waals surface area contributed by atoms with Gasteiger partial charge in [-0.15, -0.1) is 0 Å². The molecule has 4 aromatic rings. The van der Waals surface area contributed by atoms with E-state index in [0.29, 0.717) is 28.7 Å². The van der Waals surface area contributed by atoms with Crippen LogP contribution in [-0.4, -0.2) is 25.7 Å². The summed E-state index contributed by atoms with van der Waals surface area (Å²) in [7, 11) is 0. The third-order valence-corrected chi connectivity index (χ3v) is 5.85. The highest BCUT2D eigenvalue weighted by Crippen LogP contribution is 2.25. The van der Waals surface area contributed by atoms with Gasteiger partial charge in [-0.2, -0.15) is 5.10 Å². The number of carbonyl (C=O) groups excluding carboxylic acids is 1. The van der Waals surface area contributed by atoms with Crippen LogP contribution < -0.4 is 10.1 Å². The average molecular weight is 456 g/mol. The molecule has 1 N–H and O–H groups in total. The molecule has 4 rings (SSSR count). The van der Waals surface area contributed by atoms with Crippen LogP contribution in [0.25, 0.3) is 5.82 Å². The second kappa shape index (κ2) is 9.09. The van der Waals surface area contributed by atoms with Gasteiger partial charge in [-0.25, -0.2) is 14.6 Å². The first-order valence-corrected chi connectivity index (χ1v) is 11.2. The van der Waals surface area contributed by atoms with E-state index >= 15 is 0 Å². The molecule has 7 nitrogen and oxygen atoms in total. The maximum absolute atomic E-state index is 12.6. The first kappa shape index (κ1) is 23.2. The minimum atomic E-state index is -0.158. The zero-order chi connectivity index (χ0) is 24.5. The number of aryl methyl sites for hydroxylation is 1. The van der Waals surface area contributed by atoms with Crippen LogP contribution in [0.5, 0.6) is 11.6 Å². The lowest BCUT2D eigenvalue weighted by Gasteiger charge is -2.19. The highest BCUT2D eigenvalue weighted by atomic mass is 16.5. The molecule has 0 bridgehead atoms. The SMILES string of the molecule is Cc1nn(-c2cc(Oc3ccc(NC(=O)c4ccc(C(C)(C)C)cc4)cc3)ncn2)c(C)c1C. The number of carbonyl (C=O) groups is 1. The number of benzene rings is 2. The Morgan fingerprint density at radius 3 is 2.21 bits per heavy atom. The van der Waals surface area contributed by atoms with Crippen LogP contribution in [0.3, 0.4) is 0 Å². The Hall–Kier alpha value is -4.00. The minimum absolute atomic E-state index is 0.0460. The third-order valence-electron chi connectivity index (χ3n) is 5.85. The van der Waals surface area contributed by atoms with Crippen molar-refractivity contribution in [2.24, 2.45) is 0 Å². The van der Waals surface area contributed by atoms with E-state index in [-0.39, 0.29) is 11.3 Å². The van der Waals surface area contributed by atoms with Crippen LogP contribution in [0.1, 0.15) is 53.6 Å². The van der Waals surface area contributed by atoms with E-state index in [1.54, 1.807) is 35.0 Å². The summed E-state index contributed by atoms with van der Waals surface area (Å²) in [5, 5.41) is 7.46. The van der Waals surface area contributed by atoms with Crippen molar-refractivity contribution in [2.75, 3.05) is 5.32 Å². The molecule has 0 spiro atoms. The Bertz CT molecular complexity index is 1320. The summed E-state index contributed by atoms with van der Waals surface area (Å²) in [5.41, 5.74) is 5.64. The molecule has 0 atom stereocenters. The molecule has 0 aliphatic heterocycles. The summed E-state index contributed by atoms with van der Waals surface area (Å²) < 4.78 is 7.69. The van der Waals surface area contributed by atoms with E-state index in [1.807, 2.05) is 45.0 Å². The van der Waals surface area contributed by atoms with Crippen LogP contribution >= 0.6 is 0 Å².